The van der Waals surface area contributed by atoms with Gasteiger partial charge in [-0.15, -0.1) is 0 Å². The zero-order chi connectivity index (χ0) is 29.5. The molecule has 3 heterocycles. The van der Waals surface area contributed by atoms with Crippen LogP contribution in [0.25, 0.3) is 88.1 Å². The number of hydrogen-bond acceptors (Lipinski definition) is 1. The van der Waals surface area contributed by atoms with Gasteiger partial charge in [0.2, 0.25) is 0 Å². The van der Waals surface area contributed by atoms with Crippen molar-refractivity contribution in [3.63, 3.8) is 0 Å². The summed E-state index contributed by atoms with van der Waals surface area (Å²) < 4.78 is 11.1. The lowest BCUT2D eigenvalue weighted by Gasteiger charge is -2.16. The van der Waals surface area contributed by atoms with Gasteiger partial charge < -0.3 is 8.98 Å². The fourth-order valence-corrected chi connectivity index (χ4v) is 7.49. The van der Waals surface area contributed by atoms with Crippen molar-refractivity contribution < 1.29 is 4.42 Å². The molecule has 6 aromatic carbocycles. The van der Waals surface area contributed by atoms with Crippen LogP contribution in [0, 0.1) is 12.1 Å². The van der Waals surface area contributed by atoms with Gasteiger partial charge in [0.05, 0.1) is 22.1 Å². The Morgan fingerprint density at radius 1 is 0.600 bits per heavy atom. The molecule has 3 heteroatoms. The lowest BCUT2D eigenvalue weighted by atomic mass is 10.0. The van der Waals surface area contributed by atoms with Crippen LogP contribution in [0.4, 0.5) is 0 Å². The Hall–Kier alpha value is -5.98. The maximum Gasteiger partial charge on any atom is 0.135 e. The molecular weight excluding hydrogens is 548 g/mol. The van der Waals surface area contributed by atoms with Crippen LogP contribution in [-0.2, 0) is 0 Å². The maximum atomic E-state index is 6.18. The molecule has 0 N–H and O–H groups in total. The number of hydrogen-bond donors (Lipinski definition) is 0. The highest BCUT2D eigenvalue weighted by molar-refractivity contribution is 6.24. The maximum absolute atomic E-state index is 6.18. The molecule has 210 valence electrons. The Kier molecular flexibility index (Phi) is 5.03. The fourth-order valence-electron chi connectivity index (χ4n) is 7.49. The van der Waals surface area contributed by atoms with Gasteiger partial charge in [0.15, 0.2) is 0 Å². The van der Waals surface area contributed by atoms with E-state index in [0.717, 1.165) is 57.1 Å². The minimum absolute atomic E-state index is 0.894. The van der Waals surface area contributed by atoms with Crippen molar-refractivity contribution in [3.8, 4) is 16.8 Å². The van der Waals surface area contributed by atoms with Gasteiger partial charge >= 0.3 is 0 Å². The number of allylic oxidation sites excluding steroid dienone is 4. The quantitative estimate of drug-likeness (QED) is 0.206. The molecule has 0 fully saturated rings. The third-order valence-corrected chi connectivity index (χ3v) is 9.44. The zero-order valence-electron chi connectivity index (χ0n) is 24.4. The van der Waals surface area contributed by atoms with Crippen LogP contribution in [0.3, 0.4) is 0 Å². The third kappa shape index (κ3) is 3.42. The summed E-state index contributed by atoms with van der Waals surface area (Å²) >= 11 is 0. The van der Waals surface area contributed by atoms with Crippen molar-refractivity contribution in [2.75, 3.05) is 0 Å². The van der Waals surface area contributed by atoms with Crippen molar-refractivity contribution in [1.82, 2.24) is 9.13 Å². The second-order valence-corrected chi connectivity index (χ2v) is 11.9. The van der Waals surface area contributed by atoms with E-state index in [1.807, 2.05) is 18.2 Å². The van der Waals surface area contributed by atoms with Crippen LogP contribution in [0.5, 0.6) is 0 Å². The molecule has 1 aliphatic carbocycles. The second kappa shape index (κ2) is 9.26. The molecule has 0 saturated heterocycles. The smallest absolute Gasteiger partial charge is 0.135 e. The summed E-state index contributed by atoms with van der Waals surface area (Å²) in [5.74, 6) is 0. The molecule has 1 aliphatic rings. The minimum Gasteiger partial charge on any atom is -0.456 e. The van der Waals surface area contributed by atoms with E-state index in [4.69, 9.17) is 4.42 Å². The first-order valence-electron chi connectivity index (χ1n) is 15.5. The van der Waals surface area contributed by atoms with Crippen molar-refractivity contribution in [1.29, 1.82) is 0 Å². The van der Waals surface area contributed by atoms with Gasteiger partial charge in [-0.2, -0.15) is 0 Å². The molecular formula is C42H26N2O. The summed E-state index contributed by atoms with van der Waals surface area (Å²) in [6.45, 7) is 0. The number of furan rings is 1. The van der Waals surface area contributed by atoms with E-state index >= 15 is 0 Å². The van der Waals surface area contributed by atoms with Crippen molar-refractivity contribution in [3.05, 3.63) is 146 Å². The Labute approximate surface area is 259 Å². The summed E-state index contributed by atoms with van der Waals surface area (Å²) in [5.41, 5.74) is 11.1. The number of fused-ring (bicyclic) bond motifs is 10. The Morgan fingerprint density at radius 3 is 2.07 bits per heavy atom. The van der Waals surface area contributed by atoms with Gasteiger partial charge in [-0.25, -0.2) is 0 Å². The Morgan fingerprint density at radius 2 is 1.29 bits per heavy atom. The fraction of sp³-hybridized carbons (Fsp3) is 0.0476. The van der Waals surface area contributed by atoms with Gasteiger partial charge in [0.25, 0.3) is 0 Å². The van der Waals surface area contributed by atoms with Crippen LogP contribution < -0.4 is 0 Å². The highest BCUT2D eigenvalue weighted by Crippen LogP contribution is 2.43. The van der Waals surface area contributed by atoms with E-state index in [2.05, 4.69) is 137 Å². The van der Waals surface area contributed by atoms with E-state index < -0.39 is 0 Å². The molecule has 10 rings (SSSR count). The highest BCUT2D eigenvalue weighted by atomic mass is 16.3. The van der Waals surface area contributed by atoms with E-state index in [1.54, 1.807) is 0 Å². The highest BCUT2D eigenvalue weighted by Gasteiger charge is 2.23. The SMILES string of the molecule is c1ccc(-c2ccc3oc4ccccc4c3c2)c(-n2c3ccccc3c3ccc4c5ccccc5n(C5=CC=CCC5)c4c32)c#1. The summed E-state index contributed by atoms with van der Waals surface area (Å²) in [6.07, 6.45) is 8.76. The summed E-state index contributed by atoms with van der Waals surface area (Å²) in [6, 6.07) is 48.0. The van der Waals surface area contributed by atoms with Crippen molar-refractivity contribution in [2.45, 2.75) is 12.8 Å². The minimum atomic E-state index is 0.894. The molecule has 0 unspecified atom stereocenters. The zero-order valence-corrected chi connectivity index (χ0v) is 24.4. The standard InChI is InChI=1S/C42H26N2O/c1-2-12-28(13-3-1)43-37-19-9-5-15-30(37)33-23-24-34-31-16-6-10-20-38(31)44(42(34)41(33)43)36-18-8-4-14-29(36)27-22-25-40-35(26-27)32-17-7-11-21-39(32)45-40/h1-2,4-7,9-12,14-17,19-26H,3,13H2. The average molecular weight is 575 g/mol. The molecule has 0 atom stereocenters. The van der Waals surface area contributed by atoms with Gasteiger partial charge in [-0.05, 0) is 73.0 Å². The van der Waals surface area contributed by atoms with Crippen molar-refractivity contribution >= 4 is 71.2 Å². The number of nitrogens with zero attached hydrogens (tertiary/aromatic N) is 2. The largest absolute Gasteiger partial charge is 0.456 e. The van der Waals surface area contributed by atoms with Crippen LogP contribution in [0.1, 0.15) is 12.8 Å². The Bertz CT molecular complexity index is 2710. The van der Waals surface area contributed by atoms with Crippen LogP contribution in [-0.4, -0.2) is 9.13 Å². The van der Waals surface area contributed by atoms with E-state index in [1.165, 1.54) is 43.8 Å². The van der Waals surface area contributed by atoms with Gasteiger partial charge in [-0.3, -0.25) is 4.57 Å². The molecule has 0 radical (unpaired) electrons. The number of aromatic nitrogens is 2. The molecule has 0 amide bonds. The van der Waals surface area contributed by atoms with E-state index in [9.17, 15) is 0 Å². The summed E-state index contributed by atoms with van der Waals surface area (Å²) in [5, 5.41) is 7.22. The summed E-state index contributed by atoms with van der Waals surface area (Å²) in [4.78, 5) is 0. The molecule has 0 spiro atoms. The van der Waals surface area contributed by atoms with Gasteiger partial charge in [-0.1, -0.05) is 91.0 Å². The predicted octanol–water partition coefficient (Wildman–Crippen LogP) is 11.2. The molecule has 3 aromatic heterocycles. The predicted molar refractivity (Wildman–Crippen MR) is 187 cm³/mol. The molecule has 9 aromatic rings. The lowest BCUT2D eigenvalue weighted by Crippen LogP contribution is -2.02. The number of benzene rings is 5. The topological polar surface area (TPSA) is 23.0 Å². The summed E-state index contributed by atoms with van der Waals surface area (Å²) in [7, 11) is 0. The number of para-hydroxylation sites is 3. The normalized spacial score (nSPS) is 13.5. The van der Waals surface area contributed by atoms with Gasteiger partial charge in [0.1, 0.15) is 16.9 Å². The van der Waals surface area contributed by atoms with Crippen LogP contribution in [0.15, 0.2) is 138 Å². The Balaban J connectivity index is 1.35. The lowest BCUT2D eigenvalue weighted by molar-refractivity contribution is 0.669. The first-order valence-corrected chi connectivity index (χ1v) is 15.5. The molecule has 0 bridgehead atoms. The van der Waals surface area contributed by atoms with Gasteiger partial charge in [0, 0.05) is 43.6 Å². The van der Waals surface area contributed by atoms with E-state index in [0.29, 0.717) is 0 Å². The van der Waals surface area contributed by atoms with Crippen LogP contribution in [0.2, 0.25) is 0 Å². The third-order valence-electron chi connectivity index (χ3n) is 9.44. The molecule has 3 nitrogen and oxygen atoms in total. The van der Waals surface area contributed by atoms with Crippen molar-refractivity contribution in [2.24, 2.45) is 0 Å². The molecule has 45 heavy (non-hydrogen) atoms. The van der Waals surface area contributed by atoms with Crippen LogP contribution >= 0.6 is 0 Å². The monoisotopic (exact) mass is 574 g/mol. The molecule has 0 saturated carbocycles. The first kappa shape index (κ1) is 24.5. The number of rotatable bonds is 3. The van der Waals surface area contributed by atoms with E-state index in [-0.39, 0.29) is 0 Å². The first-order chi connectivity index (χ1) is 22.3. The molecule has 0 aliphatic heterocycles. The average Bonchev–Trinajstić information content (AvgIpc) is 3.76. The second-order valence-electron chi connectivity index (χ2n) is 11.9.